The maximum Gasteiger partial charge on any atom is 0.233 e. The average molecular weight is 380 g/mol. The van der Waals surface area contributed by atoms with Crippen LogP contribution >= 0.6 is 23.1 Å². The van der Waals surface area contributed by atoms with Crippen molar-refractivity contribution in [3.05, 3.63) is 17.5 Å². The number of thioether (sulfide) groups is 1. The highest BCUT2D eigenvalue weighted by molar-refractivity contribution is 8.00. The van der Waals surface area contributed by atoms with Gasteiger partial charge in [0, 0.05) is 6.04 Å². The van der Waals surface area contributed by atoms with Crippen molar-refractivity contribution in [3.8, 4) is 10.7 Å². The summed E-state index contributed by atoms with van der Waals surface area (Å²) in [5.74, 6) is 7.94. The molecule has 2 aromatic rings. The van der Waals surface area contributed by atoms with Crippen molar-refractivity contribution in [1.29, 1.82) is 0 Å². The quantitative estimate of drug-likeness (QED) is 0.616. The van der Waals surface area contributed by atoms with E-state index in [1.54, 1.807) is 11.3 Å². The molecule has 3 rings (SSSR count). The first-order valence-corrected chi connectivity index (χ1v) is 10.4. The number of thiophene rings is 1. The summed E-state index contributed by atoms with van der Waals surface area (Å²) in [5, 5.41) is 13.8. The molecule has 25 heavy (non-hydrogen) atoms. The van der Waals surface area contributed by atoms with Gasteiger partial charge in [0.15, 0.2) is 5.82 Å². The molecule has 0 aromatic carbocycles. The minimum atomic E-state index is -0.271. The predicted molar refractivity (Wildman–Crippen MR) is 103 cm³/mol. The standard InChI is InChI=1S/C17H25N5OS2/c1-10-6-4-7-13(11(10)2)19-16(23)12(3)25-17-21-20-15(22(17)18)14-8-5-9-24-14/h5,8-13H,4,6-7,18H2,1-3H3,(H,19,23). The molecule has 0 aliphatic heterocycles. The summed E-state index contributed by atoms with van der Waals surface area (Å²) in [6.07, 6.45) is 3.49. The summed E-state index contributed by atoms with van der Waals surface area (Å²) in [5.41, 5.74) is 0. The van der Waals surface area contributed by atoms with Gasteiger partial charge in [0.2, 0.25) is 11.1 Å². The summed E-state index contributed by atoms with van der Waals surface area (Å²) in [4.78, 5) is 13.5. The van der Waals surface area contributed by atoms with Crippen LogP contribution in [0.25, 0.3) is 10.7 Å². The fourth-order valence-electron chi connectivity index (χ4n) is 3.23. The number of nitrogens with zero attached hydrogens (tertiary/aromatic N) is 3. The van der Waals surface area contributed by atoms with Gasteiger partial charge in [-0.05, 0) is 36.6 Å². The minimum absolute atomic E-state index is 0.0385. The Morgan fingerprint density at radius 3 is 2.96 bits per heavy atom. The highest BCUT2D eigenvalue weighted by Crippen LogP contribution is 2.31. The number of aromatic nitrogens is 3. The van der Waals surface area contributed by atoms with Crippen molar-refractivity contribution < 1.29 is 4.79 Å². The summed E-state index contributed by atoms with van der Waals surface area (Å²) in [6.45, 7) is 6.39. The summed E-state index contributed by atoms with van der Waals surface area (Å²) in [7, 11) is 0. The van der Waals surface area contributed by atoms with Gasteiger partial charge in [-0.2, -0.15) is 0 Å². The first kappa shape index (κ1) is 18.3. The highest BCUT2D eigenvalue weighted by atomic mass is 32.2. The molecule has 1 fully saturated rings. The number of hydrogen-bond donors (Lipinski definition) is 2. The van der Waals surface area contributed by atoms with E-state index in [1.165, 1.54) is 29.3 Å². The third-order valence-corrected chi connectivity index (χ3v) is 7.01. The molecule has 0 saturated heterocycles. The molecule has 0 radical (unpaired) electrons. The van der Waals surface area contributed by atoms with Gasteiger partial charge in [-0.1, -0.05) is 44.5 Å². The van der Waals surface area contributed by atoms with Gasteiger partial charge in [-0.25, -0.2) is 4.68 Å². The molecule has 0 bridgehead atoms. The van der Waals surface area contributed by atoms with E-state index in [0.29, 0.717) is 22.8 Å². The van der Waals surface area contributed by atoms with Gasteiger partial charge in [-0.15, -0.1) is 21.5 Å². The smallest absolute Gasteiger partial charge is 0.233 e. The fourth-order valence-corrected chi connectivity index (χ4v) is 4.71. The molecule has 1 amide bonds. The van der Waals surface area contributed by atoms with Gasteiger partial charge in [0.05, 0.1) is 10.1 Å². The van der Waals surface area contributed by atoms with Crippen molar-refractivity contribution in [2.24, 2.45) is 11.8 Å². The van der Waals surface area contributed by atoms with Gasteiger partial charge in [-0.3, -0.25) is 4.79 Å². The maximum absolute atomic E-state index is 12.6. The second kappa shape index (κ2) is 7.78. The number of amides is 1. The zero-order valence-corrected chi connectivity index (χ0v) is 16.4. The van der Waals surface area contributed by atoms with Gasteiger partial charge < -0.3 is 11.2 Å². The van der Waals surface area contributed by atoms with Crippen LogP contribution in [-0.2, 0) is 4.79 Å². The molecule has 4 unspecified atom stereocenters. The van der Waals surface area contributed by atoms with Crippen molar-refractivity contribution in [1.82, 2.24) is 20.2 Å². The largest absolute Gasteiger partial charge is 0.352 e. The second-order valence-corrected chi connectivity index (χ2v) is 9.05. The molecule has 8 heteroatoms. The Hall–Kier alpha value is -1.54. The molecule has 2 aromatic heterocycles. The Labute approximate surface area is 156 Å². The first-order chi connectivity index (χ1) is 12.0. The first-order valence-electron chi connectivity index (χ1n) is 8.68. The SMILES string of the molecule is CC(Sc1nnc(-c2cccs2)n1N)C(=O)NC1CCCC(C)C1C. The molecule has 6 nitrogen and oxygen atoms in total. The van der Waals surface area contributed by atoms with E-state index in [0.717, 1.165) is 11.3 Å². The van der Waals surface area contributed by atoms with Crippen LogP contribution in [-0.4, -0.2) is 32.1 Å². The van der Waals surface area contributed by atoms with Crippen LogP contribution in [0.15, 0.2) is 22.7 Å². The van der Waals surface area contributed by atoms with E-state index in [1.807, 2.05) is 24.4 Å². The van der Waals surface area contributed by atoms with Gasteiger partial charge in [0.25, 0.3) is 0 Å². The lowest BCUT2D eigenvalue weighted by Gasteiger charge is -2.35. The van der Waals surface area contributed by atoms with Crippen LogP contribution in [0.2, 0.25) is 0 Å². The van der Waals surface area contributed by atoms with Crippen LogP contribution in [0.3, 0.4) is 0 Å². The Balaban J connectivity index is 1.62. The number of carbonyl (C=O) groups is 1. The lowest BCUT2D eigenvalue weighted by Crippen LogP contribution is -2.46. The highest BCUT2D eigenvalue weighted by Gasteiger charge is 2.30. The third kappa shape index (κ3) is 4.00. The predicted octanol–water partition coefficient (Wildman–Crippen LogP) is 3.14. The van der Waals surface area contributed by atoms with Crippen LogP contribution < -0.4 is 11.2 Å². The van der Waals surface area contributed by atoms with Crippen molar-refractivity contribution in [2.75, 3.05) is 5.84 Å². The van der Waals surface area contributed by atoms with E-state index in [-0.39, 0.29) is 17.2 Å². The average Bonchev–Trinajstić information content (AvgIpc) is 3.22. The Morgan fingerprint density at radius 2 is 2.24 bits per heavy atom. The van der Waals surface area contributed by atoms with E-state index >= 15 is 0 Å². The number of nitrogens with one attached hydrogen (secondary N) is 1. The van der Waals surface area contributed by atoms with E-state index in [4.69, 9.17) is 5.84 Å². The Morgan fingerprint density at radius 1 is 1.44 bits per heavy atom. The van der Waals surface area contributed by atoms with Crippen LogP contribution in [0.1, 0.15) is 40.0 Å². The van der Waals surface area contributed by atoms with E-state index < -0.39 is 0 Å². The molecule has 3 N–H and O–H groups in total. The summed E-state index contributed by atoms with van der Waals surface area (Å²) < 4.78 is 1.46. The van der Waals surface area contributed by atoms with E-state index in [2.05, 4.69) is 29.4 Å². The Bertz CT molecular complexity index is 715. The second-order valence-electron chi connectivity index (χ2n) is 6.80. The van der Waals surface area contributed by atoms with Gasteiger partial charge in [0.1, 0.15) is 0 Å². The minimum Gasteiger partial charge on any atom is -0.352 e. The number of hydrogen-bond acceptors (Lipinski definition) is 6. The normalized spacial score (nSPS) is 24.8. The van der Waals surface area contributed by atoms with Crippen molar-refractivity contribution in [3.63, 3.8) is 0 Å². The zero-order chi connectivity index (χ0) is 18.0. The molecule has 1 saturated carbocycles. The van der Waals surface area contributed by atoms with Crippen molar-refractivity contribution in [2.45, 2.75) is 56.5 Å². The topological polar surface area (TPSA) is 85.8 Å². The maximum atomic E-state index is 12.6. The monoisotopic (exact) mass is 379 g/mol. The molecule has 136 valence electrons. The third-order valence-electron chi connectivity index (χ3n) is 5.09. The molecule has 0 spiro atoms. The summed E-state index contributed by atoms with van der Waals surface area (Å²) in [6, 6.07) is 4.16. The van der Waals surface area contributed by atoms with Crippen LogP contribution in [0, 0.1) is 11.8 Å². The zero-order valence-electron chi connectivity index (χ0n) is 14.8. The lowest BCUT2D eigenvalue weighted by atomic mass is 9.78. The molecule has 1 aliphatic carbocycles. The Kier molecular flexibility index (Phi) is 5.68. The molecule has 4 atom stereocenters. The van der Waals surface area contributed by atoms with Crippen molar-refractivity contribution >= 4 is 29.0 Å². The molecule has 1 aliphatic rings. The van der Waals surface area contributed by atoms with Crippen LogP contribution in [0.4, 0.5) is 0 Å². The summed E-state index contributed by atoms with van der Waals surface area (Å²) >= 11 is 2.90. The number of nitrogen functional groups attached to an aromatic ring is 1. The van der Waals surface area contributed by atoms with Gasteiger partial charge >= 0.3 is 0 Å². The number of nitrogens with two attached hydrogens (primary N) is 1. The number of carbonyl (C=O) groups excluding carboxylic acids is 1. The fraction of sp³-hybridized carbons (Fsp3) is 0.588. The number of rotatable bonds is 5. The van der Waals surface area contributed by atoms with E-state index in [9.17, 15) is 4.79 Å². The van der Waals surface area contributed by atoms with Crippen LogP contribution in [0.5, 0.6) is 0 Å². The molecular formula is C17H25N5OS2. The lowest BCUT2D eigenvalue weighted by molar-refractivity contribution is -0.121. The molecular weight excluding hydrogens is 354 g/mol. The molecule has 2 heterocycles.